The highest BCUT2D eigenvalue weighted by atomic mass is 35.5. The van der Waals surface area contributed by atoms with Crippen molar-refractivity contribution in [3.63, 3.8) is 0 Å². The van der Waals surface area contributed by atoms with Crippen LogP contribution in [0.25, 0.3) is 10.9 Å². The number of amides is 1. The van der Waals surface area contributed by atoms with Gasteiger partial charge in [-0.2, -0.15) is 0 Å². The van der Waals surface area contributed by atoms with Gasteiger partial charge < -0.3 is 5.32 Å². The van der Waals surface area contributed by atoms with Crippen molar-refractivity contribution in [1.82, 2.24) is 10.3 Å². The first-order chi connectivity index (χ1) is 12.1. The number of pyridine rings is 1. The van der Waals surface area contributed by atoms with E-state index in [1.165, 1.54) is 4.90 Å². The monoisotopic (exact) mass is 388 g/mol. The van der Waals surface area contributed by atoms with Gasteiger partial charge in [-0.25, -0.2) is 4.98 Å². The number of carbonyl (C=O) groups excluding carboxylic acids is 1. The number of hydrogen-bond donors (Lipinski definition) is 1. The summed E-state index contributed by atoms with van der Waals surface area (Å²) in [6.45, 7) is 0. The van der Waals surface area contributed by atoms with E-state index in [0.717, 1.165) is 23.1 Å². The number of para-hydroxylation sites is 1. The quantitative estimate of drug-likeness (QED) is 0.588. The third-order valence-corrected chi connectivity index (χ3v) is 5.80. The van der Waals surface area contributed by atoms with Crippen LogP contribution in [0.5, 0.6) is 0 Å². The Bertz CT molecular complexity index is 977. The number of halogens is 2. The zero-order valence-corrected chi connectivity index (χ0v) is 15.5. The zero-order valence-electron chi connectivity index (χ0n) is 13.1. The maximum atomic E-state index is 12.9. The standard InChI is InChI=1S/C19H14Cl2N2OS/c20-11-5-6-17-14(9-11)16(7-8-25-17)23-19(24)13-10-18(21)22-15-4-2-1-3-12(13)15/h1-6,9-10,16H,7-8H2,(H,23,24). The van der Waals surface area contributed by atoms with Crippen LogP contribution >= 0.6 is 35.0 Å². The van der Waals surface area contributed by atoms with Gasteiger partial charge in [-0.1, -0.05) is 41.4 Å². The van der Waals surface area contributed by atoms with Gasteiger partial charge in [0.05, 0.1) is 17.1 Å². The van der Waals surface area contributed by atoms with Crippen LogP contribution in [0, 0.1) is 0 Å². The Morgan fingerprint density at radius 2 is 2.00 bits per heavy atom. The molecule has 1 amide bonds. The van der Waals surface area contributed by atoms with Crippen LogP contribution in [-0.4, -0.2) is 16.6 Å². The second-order valence-corrected chi connectivity index (χ2v) is 7.82. The number of nitrogens with one attached hydrogen (secondary N) is 1. The maximum absolute atomic E-state index is 12.9. The van der Waals surface area contributed by atoms with Gasteiger partial charge in [0.1, 0.15) is 5.15 Å². The molecule has 2 aromatic carbocycles. The molecule has 4 rings (SSSR count). The van der Waals surface area contributed by atoms with Crippen molar-refractivity contribution < 1.29 is 4.79 Å². The molecule has 25 heavy (non-hydrogen) atoms. The number of rotatable bonds is 2. The summed E-state index contributed by atoms with van der Waals surface area (Å²) in [7, 11) is 0. The van der Waals surface area contributed by atoms with E-state index in [9.17, 15) is 4.79 Å². The van der Waals surface area contributed by atoms with E-state index in [2.05, 4.69) is 10.3 Å². The highest BCUT2D eigenvalue weighted by Crippen LogP contribution is 2.37. The minimum absolute atomic E-state index is 0.0619. The van der Waals surface area contributed by atoms with Crippen LogP contribution in [0.3, 0.4) is 0 Å². The Labute approximate surface area is 159 Å². The molecule has 126 valence electrons. The molecule has 0 radical (unpaired) electrons. The molecule has 1 atom stereocenters. The molecule has 1 aromatic heterocycles. The largest absolute Gasteiger partial charge is 0.345 e. The van der Waals surface area contributed by atoms with E-state index >= 15 is 0 Å². The second-order valence-electron chi connectivity index (χ2n) is 5.86. The van der Waals surface area contributed by atoms with Crippen LogP contribution in [0.15, 0.2) is 53.4 Å². The maximum Gasteiger partial charge on any atom is 0.252 e. The van der Waals surface area contributed by atoms with Crippen LogP contribution < -0.4 is 5.32 Å². The van der Waals surface area contributed by atoms with Crippen molar-refractivity contribution in [3.8, 4) is 0 Å². The average Bonchev–Trinajstić information content (AvgIpc) is 2.61. The molecular weight excluding hydrogens is 375 g/mol. The number of aromatic nitrogens is 1. The van der Waals surface area contributed by atoms with Gasteiger partial charge in [-0.05, 0) is 42.3 Å². The molecule has 1 N–H and O–H groups in total. The SMILES string of the molecule is O=C(NC1CCSc2ccc(Cl)cc21)c1cc(Cl)nc2ccccc12. The first-order valence-electron chi connectivity index (χ1n) is 7.90. The Kier molecular flexibility index (Phi) is 4.59. The van der Waals surface area contributed by atoms with Crippen LogP contribution in [0.4, 0.5) is 0 Å². The summed E-state index contributed by atoms with van der Waals surface area (Å²) < 4.78 is 0. The molecule has 1 aliphatic rings. The minimum Gasteiger partial charge on any atom is -0.345 e. The highest BCUT2D eigenvalue weighted by molar-refractivity contribution is 7.99. The first kappa shape index (κ1) is 16.7. The lowest BCUT2D eigenvalue weighted by Gasteiger charge is -2.26. The smallest absolute Gasteiger partial charge is 0.252 e. The van der Waals surface area contributed by atoms with Crippen LogP contribution in [0.1, 0.15) is 28.4 Å². The van der Waals surface area contributed by atoms with Gasteiger partial charge in [0, 0.05) is 21.1 Å². The molecule has 0 saturated heterocycles. The van der Waals surface area contributed by atoms with E-state index < -0.39 is 0 Å². The molecule has 2 heterocycles. The number of nitrogens with zero attached hydrogens (tertiary/aromatic N) is 1. The molecule has 3 aromatic rings. The lowest BCUT2D eigenvalue weighted by molar-refractivity contribution is 0.0936. The molecule has 6 heteroatoms. The van der Waals surface area contributed by atoms with Crippen LogP contribution in [-0.2, 0) is 0 Å². The molecule has 0 fully saturated rings. The van der Waals surface area contributed by atoms with E-state index in [0.29, 0.717) is 21.3 Å². The topological polar surface area (TPSA) is 42.0 Å². The number of carbonyl (C=O) groups is 1. The lowest BCUT2D eigenvalue weighted by Crippen LogP contribution is -2.30. The van der Waals surface area contributed by atoms with Crippen molar-refractivity contribution in [2.75, 3.05) is 5.75 Å². The van der Waals surface area contributed by atoms with Crippen molar-refractivity contribution >= 4 is 51.8 Å². The van der Waals surface area contributed by atoms with Gasteiger partial charge in [0.25, 0.3) is 5.91 Å². The first-order valence-corrected chi connectivity index (χ1v) is 9.64. The van der Waals surface area contributed by atoms with Gasteiger partial charge in [-0.15, -0.1) is 11.8 Å². The molecule has 0 saturated carbocycles. The van der Waals surface area contributed by atoms with Crippen molar-refractivity contribution in [1.29, 1.82) is 0 Å². The Morgan fingerprint density at radius 1 is 1.16 bits per heavy atom. The van der Waals surface area contributed by atoms with Gasteiger partial charge in [-0.3, -0.25) is 4.79 Å². The fraction of sp³-hybridized carbons (Fsp3) is 0.158. The molecular formula is C19H14Cl2N2OS. The van der Waals surface area contributed by atoms with Gasteiger partial charge in [0.2, 0.25) is 0 Å². The summed E-state index contributed by atoms with van der Waals surface area (Å²) in [6.07, 6.45) is 0.862. The summed E-state index contributed by atoms with van der Waals surface area (Å²) in [6, 6.07) is 14.9. The van der Waals surface area contributed by atoms with Crippen molar-refractivity contribution in [3.05, 3.63) is 69.8 Å². The predicted molar refractivity (Wildman–Crippen MR) is 104 cm³/mol. The molecule has 3 nitrogen and oxygen atoms in total. The summed E-state index contributed by atoms with van der Waals surface area (Å²) >= 11 is 14.0. The van der Waals surface area contributed by atoms with E-state index in [-0.39, 0.29) is 11.9 Å². The van der Waals surface area contributed by atoms with E-state index in [4.69, 9.17) is 23.2 Å². The fourth-order valence-electron chi connectivity index (χ4n) is 3.08. The minimum atomic E-state index is -0.150. The summed E-state index contributed by atoms with van der Waals surface area (Å²) in [5, 5.41) is 4.92. The van der Waals surface area contributed by atoms with E-state index in [1.54, 1.807) is 17.8 Å². The fourth-order valence-corrected chi connectivity index (χ4v) is 4.57. The van der Waals surface area contributed by atoms with Crippen LogP contribution in [0.2, 0.25) is 10.2 Å². The average molecular weight is 389 g/mol. The number of hydrogen-bond acceptors (Lipinski definition) is 3. The summed E-state index contributed by atoms with van der Waals surface area (Å²) in [5.41, 5.74) is 2.32. The molecule has 0 spiro atoms. The third-order valence-electron chi connectivity index (χ3n) is 4.25. The number of benzene rings is 2. The zero-order chi connectivity index (χ0) is 17.4. The number of fused-ring (bicyclic) bond motifs is 2. The lowest BCUT2D eigenvalue weighted by atomic mass is 10.0. The van der Waals surface area contributed by atoms with E-state index in [1.807, 2.05) is 42.5 Å². The Hall–Kier alpha value is -1.75. The molecule has 1 aliphatic heterocycles. The van der Waals surface area contributed by atoms with Crippen molar-refractivity contribution in [2.24, 2.45) is 0 Å². The molecule has 0 bridgehead atoms. The molecule has 0 aliphatic carbocycles. The Morgan fingerprint density at radius 3 is 2.88 bits per heavy atom. The predicted octanol–water partition coefficient (Wildman–Crippen LogP) is 5.51. The Balaban J connectivity index is 1.69. The molecule has 1 unspecified atom stereocenters. The summed E-state index contributed by atoms with van der Waals surface area (Å²) in [4.78, 5) is 18.4. The van der Waals surface area contributed by atoms with Crippen molar-refractivity contribution in [2.45, 2.75) is 17.4 Å². The number of thioether (sulfide) groups is 1. The second kappa shape index (κ2) is 6.87. The highest BCUT2D eigenvalue weighted by Gasteiger charge is 2.24. The van der Waals surface area contributed by atoms with Gasteiger partial charge in [0.15, 0.2) is 0 Å². The van der Waals surface area contributed by atoms with Gasteiger partial charge >= 0.3 is 0 Å². The normalized spacial score (nSPS) is 16.5. The third kappa shape index (κ3) is 3.34. The summed E-state index contributed by atoms with van der Waals surface area (Å²) in [5.74, 6) is 0.806.